The van der Waals surface area contributed by atoms with Gasteiger partial charge in [-0.2, -0.15) is 0 Å². The molecular formula is C72H89SiZr. The quantitative estimate of drug-likeness (QED) is 0.113. The zero-order chi connectivity index (χ0) is 52.5. The number of rotatable bonds is 11. The first-order chi connectivity index (χ1) is 35.0. The Kier molecular flexibility index (Phi) is 14.9. The van der Waals surface area contributed by atoms with Crippen molar-refractivity contribution in [2.24, 2.45) is 11.8 Å². The first-order valence-electron chi connectivity index (χ1n) is 29.1. The molecule has 0 heterocycles. The van der Waals surface area contributed by atoms with Gasteiger partial charge in [-0.15, -0.1) is 0 Å². The van der Waals surface area contributed by atoms with Crippen LogP contribution in [0.1, 0.15) is 199 Å². The molecule has 0 nitrogen and oxygen atoms in total. The summed E-state index contributed by atoms with van der Waals surface area (Å²) in [6.07, 6.45) is 19.3. The van der Waals surface area contributed by atoms with Gasteiger partial charge >= 0.3 is 462 Å². The van der Waals surface area contributed by atoms with Gasteiger partial charge in [0.2, 0.25) is 0 Å². The molecule has 385 valence electrons. The summed E-state index contributed by atoms with van der Waals surface area (Å²) in [4.78, 5) is 0. The summed E-state index contributed by atoms with van der Waals surface area (Å²) < 4.78 is 1.05. The van der Waals surface area contributed by atoms with Crippen molar-refractivity contribution >= 4 is 18.1 Å². The van der Waals surface area contributed by atoms with Crippen LogP contribution in [0.4, 0.5) is 0 Å². The van der Waals surface area contributed by atoms with E-state index in [0.29, 0.717) is 7.25 Å². The molecular weight excluding hydrogens is 984 g/mol. The van der Waals surface area contributed by atoms with Crippen LogP contribution in [0.25, 0.3) is 56.7 Å². The Labute approximate surface area is 458 Å². The molecule has 2 saturated carbocycles. The molecule has 4 aliphatic carbocycles. The predicted octanol–water partition coefficient (Wildman–Crippen LogP) is 20.9. The minimum atomic E-state index is -2.73. The van der Waals surface area contributed by atoms with Gasteiger partial charge in [0.25, 0.3) is 0 Å². The molecule has 0 amide bonds. The van der Waals surface area contributed by atoms with Crippen LogP contribution in [0.2, 0.25) is 13.1 Å². The number of hydrogen-bond donors (Lipinski definition) is 0. The second-order valence-corrected chi connectivity index (χ2v) is 48.0. The third kappa shape index (κ3) is 10.8. The molecule has 0 spiro atoms. The molecule has 0 bridgehead atoms. The van der Waals surface area contributed by atoms with E-state index in [1.165, 1.54) is 131 Å². The molecule has 0 saturated heterocycles. The van der Waals surface area contributed by atoms with Crippen molar-refractivity contribution in [3.8, 4) is 44.5 Å². The molecule has 0 aliphatic heterocycles. The van der Waals surface area contributed by atoms with Crippen LogP contribution < -0.4 is 0 Å². The Morgan fingerprint density at radius 2 is 0.622 bits per heavy atom. The molecule has 0 N–H and O–H groups in total. The van der Waals surface area contributed by atoms with Crippen LogP contribution in [0.15, 0.2) is 132 Å². The average molecular weight is 1070 g/mol. The van der Waals surface area contributed by atoms with Gasteiger partial charge in [0.05, 0.1) is 0 Å². The van der Waals surface area contributed by atoms with Crippen LogP contribution >= 0.6 is 0 Å². The van der Waals surface area contributed by atoms with E-state index in [9.17, 15) is 0 Å². The third-order valence-electron chi connectivity index (χ3n) is 18.1. The van der Waals surface area contributed by atoms with Crippen molar-refractivity contribution in [3.05, 3.63) is 177 Å². The topological polar surface area (TPSA) is 0 Å². The second kappa shape index (κ2) is 20.7. The monoisotopic (exact) mass is 1070 g/mol. The van der Waals surface area contributed by atoms with Crippen LogP contribution in [-0.2, 0) is 42.6 Å². The maximum absolute atomic E-state index is 2.84. The van der Waals surface area contributed by atoms with E-state index in [2.05, 4.69) is 230 Å². The number of allylic oxidation sites excluding steroid dienone is 2. The van der Waals surface area contributed by atoms with Crippen molar-refractivity contribution in [2.75, 3.05) is 0 Å². The Balaban J connectivity index is 1.24. The predicted molar refractivity (Wildman–Crippen MR) is 323 cm³/mol. The SMILES string of the molecule is C[SiH](C)[Zr]([CH]1C(CC2CCCC2)=Cc2c(-c3ccc(C(C)(C)C)cc3)ccc(-c3ccc(C(C)(C)C)cc3)c21)[CH]1C(CC2CCCC2)=Cc2c(-c3ccc(C(C)(C)C)cc3)ccc(-c3ccc(C(C)(C)C)cc3)c21. The third-order valence-corrected chi connectivity index (χ3v) is 39.8. The molecule has 2 fully saturated rings. The molecule has 2 heteroatoms. The van der Waals surface area contributed by atoms with Gasteiger partial charge in [0, 0.05) is 0 Å². The standard InChI is InChI=1S/2C35H41.C2H7Si.Zr/c2*1-34(2,3)28-15-11-26(12-16-28)30-19-20-31(27-13-17-29(18-14-27)35(4,5)6)33-23-25(22-32(30)33)21-24-9-7-8-10-24;1-3-2;/h2*11-20,22-24H,7-10,21H2,1-6H3;3H,1-2H3;. The van der Waals surface area contributed by atoms with E-state index in [1.807, 2.05) is 11.1 Å². The summed E-state index contributed by atoms with van der Waals surface area (Å²) in [5, 5.41) is 0. The Morgan fingerprint density at radius 1 is 0.365 bits per heavy atom. The minimum absolute atomic E-state index is 0.0996. The van der Waals surface area contributed by atoms with Crippen molar-refractivity contribution in [2.45, 2.75) is 189 Å². The van der Waals surface area contributed by atoms with Crippen molar-refractivity contribution in [3.63, 3.8) is 0 Å². The summed E-state index contributed by atoms with van der Waals surface area (Å²) in [6.45, 7) is 33.9. The van der Waals surface area contributed by atoms with E-state index < -0.39 is 26.8 Å². The van der Waals surface area contributed by atoms with Crippen molar-refractivity contribution in [1.82, 2.24) is 0 Å². The van der Waals surface area contributed by atoms with E-state index in [1.54, 1.807) is 22.3 Å². The molecule has 4 aliphatic rings. The molecule has 0 radical (unpaired) electrons. The Morgan fingerprint density at radius 3 is 0.878 bits per heavy atom. The average Bonchev–Trinajstić information content (AvgIpc) is 4.21. The maximum atomic E-state index is 2.84. The molecule has 2 atom stereocenters. The van der Waals surface area contributed by atoms with Crippen molar-refractivity contribution < 1.29 is 20.9 Å². The summed E-state index contributed by atoms with van der Waals surface area (Å²) in [6, 6.07) is 49.4. The van der Waals surface area contributed by atoms with E-state index in [0.717, 1.165) is 11.8 Å². The Hall–Kier alpha value is -4.10. The summed E-state index contributed by atoms with van der Waals surface area (Å²) >= 11 is -2.73. The molecule has 6 aromatic rings. The van der Waals surface area contributed by atoms with Gasteiger partial charge < -0.3 is 0 Å². The molecule has 0 aromatic heterocycles. The molecule has 2 unspecified atom stereocenters. The van der Waals surface area contributed by atoms with Gasteiger partial charge in [-0.3, -0.25) is 0 Å². The summed E-state index contributed by atoms with van der Waals surface area (Å²) in [5.74, 6) is 0.276. The Bertz CT molecular complexity index is 2820. The fraction of sp³-hybridized carbons (Fsp3) is 0.444. The fourth-order valence-corrected chi connectivity index (χ4v) is 36.5. The van der Waals surface area contributed by atoms with Crippen LogP contribution in [0.5, 0.6) is 0 Å². The zero-order valence-electron chi connectivity index (χ0n) is 48.2. The zero-order valence-corrected chi connectivity index (χ0v) is 51.8. The first kappa shape index (κ1) is 53.3. The molecule has 74 heavy (non-hydrogen) atoms. The number of benzene rings is 6. The number of hydrogen-bond acceptors (Lipinski definition) is 0. The van der Waals surface area contributed by atoms with Gasteiger partial charge in [-0.05, 0) is 0 Å². The van der Waals surface area contributed by atoms with E-state index in [4.69, 9.17) is 0 Å². The first-order valence-corrected chi connectivity index (χ1v) is 39.1. The van der Waals surface area contributed by atoms with Crippen molar-refractivity contribution in [1.29, 1.82) is 0 Å². The van der Waals surface area contributed by atoms with Gasteiger partial charge in [0.1, 0.15) is 0 Å². The fourth-order valence-electron chi connectivity index (χ4n) is 13.8. The van der Waals surface area contributed by atoms with E-state index in [-0.39, 0.29) is 21.7 Å². The summed E-state index contributed by atoms with van der Waals surface area (Å²) in [7, 11) is 0. The molecule has 10 rings (SSSR count). The normalized spacial score (nSPS) is 18.5. The molecule has 6 aromatic carbocycles. The van der Waals surface area contributed by atoms with Crippen LogP contribution in [0, 0.1) is 11.8 Å². The second-order valence-electron chi connectivity index (χ2n) is 28.0. The van der Waals surface area contributed by atoms with Gasteiger partial charge in [-0.1, -0.05) is 0 Å². The summed E-state index contributed by atoms with van der Waals surface area (Å²) in [5.41, 5.74) is 27.5. The van der Waals surface area contributed by atoms with Crippen LogP contribution in [0.3, 0.4) is 0 Å². The van der Waals surface area contributed by atoms with Gasteiger partial charge in [0.15, 0.2) is 0 Å². The number of fused-ring (bicyclic) bond motifs is 2. The van der Waals surface area contributed by atoms with Gasteiger partial charge in [-0.25, -0.2) is 0 Å². The van der Waals surface area contributed by atoms with E-state index >= 15 is 0 Å². The van der Waals surface area contributed by atoms with Crippen LogP contribution in [-0.4, -0.2) is 5.92 Å².